The summed E-state index contributed by atoms with van der Waals surface area (Å²) in [5, 5.41) is 14.0. The number of rotatable bonds is 8. The molecule has 1 atom stereocenters. The van der Waals surface area contributed by atoms with E-state index in [9.17, 15) is 31.5 Å². The van der Waals surface area contributed by atoms with Crippen molar-refractivity contribution < 1.29 is 36.2 Å². The zero-order valence-corrected chi connectivity index (χ0v) is 18.0. The van der Waals surface area contributed by atoms with Gasteiger partial charge in [-0.3, -0.25) is 4.79 Å². The molecule has 1 unspecified atom stereocenters. The maximum Gasteiger partial charge on any atom is 0.426 e. The van der Waals surface area contributed by atoms with Crippen molar-refractivity contribution in [2.45, 2.75) is 28.5 Å². The van der Waals surface area contributed by atoms with Crippen LogP contribution in [0, 0.1) is 0 Å². The Bertz CT molecular complexity index is 1040. The normalized spacial score (nSPS) is 14.0. The van der Waals surface area contributed by atoms with Crippen LogP contribution in [0.25, 0.3) is 0 Å². The first-order chi connectivity index (χ1) is 14.3. The number of carbonyl (C=O) groups is 1. The molecule has 0 aliphatic heterocycles. The first-order valence-corrected chi connectivity index (χ1v) is 10.6. The fraction of sp³-hybridized carbons (Fsp3) is 0.316. The van der Waals surface area contributed by atoms with E-state index in [1.54, 1.807) is 19.2 Å². The highest BCUT2D eigenvalue weighted by molar-refractivity contribution is 7.91. The molecule has 0 radical (unpaired) electrons. The van der Waals surface area contributed by atoms with Crippen molar-refractivity contribution in [2.24, 2.45) is 0 Å². The number of hydrogen-bond acceptors (Lipinski definition) is 6. The molecular weight excluding hydrogens is 461 g/mol. The number of anilines is 2. The molecule has 0 aromatic heterocycles. The highest BCUT2D eigenvalue weighted by Crippen LogP contribution is 2.33. The zero-order valence-electron chi connectivity index (χ0n) is 16.5. The lowest BCUT2D eigenvalue weighted by atomic mass is 10.1. The Morgan fingerprint density at radius 2 is 1.71 bits per heavy atom. The van der Waals surface area contributed by atoms with Gasteiger partial charge in [0.2, 0.25) is 15.4 Å². The van der Waals surface area contributed by atoms with Crippen molar-refractivity contribution in [3.05, 3.63) is 47.5 Å². The van der Waals surface area contributed by atoms with Gasteiger partial charge in [-0.25, -0.2) is 8.42 Å². The van der Waals surface area contributed by atoms with E-state index in [2.05, 4.69) is 5.32 Å². The average Bonchev–Trinajstić information content (AvgIpc) is 2.69. The topological polar surface area (TPSA) is 105 Å². The van der Waals surface area contributed by atoms with Gasteiger partial charge in [-0.05, 0) is 49.4 Å². The van der Waals surface area contributed by atoms with Crippen molar-refractivity contribution in [1.82, 2.24) is 0 Å². The molecule has 31 heavy (non-hydrogen) atoms. The van der Waals surface area contributed by atoms with Gasteiger partial charge in [-0.2, -0.15) is 13.2 Å². The molecule has 2 aromatic rings. The average molecular weight is 481 g/mol. The van der Waals surface area contributed by atoms with Gasteiger partial charge in [0.25, 0.3) is 5.91 Å². The van der Waals surface area contributed by atoms with Crippen molar-refractivity contribution in [1.29, 1.82) is 0 Å². The fourth-order valence-electron chi connectivity index (χ4n) is 2.32. The summed E-state index contributed by atoms with van der Waals surface area (Å²) < 4.78 is 68.9. The molecule has 0 fully saturated rings. The van der Waals surface area contributed by atoms with E-state index < -0.39 is 27.5 Å². The molecular formula is C19H20ClF3N2O5S. The van der Waals surface area contributed by atoms with Crippen LogP contribution in [0.15, 0.2) is 52.3 Å². The lowest BCUT2D eigenvalue weighted by molar-refractivity contribution is -0.242. The van der Waals surface area contributed by atoms with Crippen LogP contribution in [0.3, 0.4) is 0 Å². The Morgan fingerprint density at radius 1 is 1.13 bits per heavy atom. The van der Waals surface area contributed by atoms with Gasteiger partial charge in [0.05, 0.1) is 27.1 Å². The number of nitrogens with one attached hydrogen (secondary N) is 2. The molecule has 1 amide bonds. The van der Waals surface area contributed by atoms with E-state index in [1.165, 1.54) is 12.1 Å². The summed E-state index contributed by atoms with van der Waals surface area (Å²) in [7, 11) is -2.43. The SMILES string of the molecule is COCCNc1ccc(S(=O)(=O)c2ccc(NC(=O)C(C)(O)C(F)(F)F)c(Cl)c2)cc1. The molecule has 2 aromatic carbocycles. The van der Waals surface area contributed by atoms with Crippen LogP contribution in [0.2, 0.25) is 5.02 Å². The largest absolute Gasteiger partial charge is 0.426 e. The van der Waals surface area contributed by atoms with Crippen LogP contribution in [0.1, 0.15) is 6.92 Å². The van der Waals surface area contributed by atoms with E-state index in [0.29, 0.717) is 25.8 Å². The predicted molar refractivity (Wildman–Crippen MR) is 109 cm³/mol. The van der Waals surface area contributed by atoms with E-state index in [1.807, 2.05) is 5.32 Å². The number of ether oxygens (including phenoxy) is 1. The number of alkyl halides is 3. The molecule has 3 N–H and O–H groups in total. The number of halogens is 4. The first-order valence-electron chi connectivity index (χ1n) is 8.79. The second-order valence-electron chi connectivity index (χ2n) is 6.61. The quantitative estimate of drug-likeness (QED) is 0.500. The third kappa shape index (κ3) is 5.67. The number of hydrogen-bond donors (Lipinski definition) is 3. The van der Waals surface area contributed by atoms with Crippen molar-refractivity contribution >= 4 is 38.7 Å². The third-order valence-corrected chi connectivity index (χ3v) is 6.37. The summed E-state index contributed by atoms with van der Waals surface area (Å²) in [5.41, 5.74) is -3.25. The van der Waals surface area contributed by atoms with Crippen LogP contribution in [0.5, 0.6) is 0 Å². The Balaban J connectivity index is 2.22. The third-order valence-electron chi connectivity index (χ3n) is 4.29. The molecule has 0 aliphatic carbocycles. The molecule has 0 bridgehead atoms. The van der Waals surface area contributed by atoms with E-state index >= 15 is 0 Å². The Labute approximate surface area is 182 Å². The summed E-state index contributed by atoms with van der Waals surface area (Å²) in [6, 6.07) is 9.03. The van der Waals surface area contributed by atoms with Gasteiger partial charge in [-0.1, -0.05) is 11.6 Å². The Kier molecular flexibility index (Phi) is 7.58. The molecule has 0 saturated heterocycles. The number of benzene rings is 2. The van der Waals surface area contributed by atoms with Crippen molar-refractivity contribution in [3.63, 3.8) is 0 Å². The van der Waals surface area contributed by atoms with Crippen LogP contribution in [0.4, 0.5) is 24.5 Å². The van der Waals surface area contributed by atoms with Gasteiger partial charge in [-0.15, -0.1) is 0 Å². The van der Waals surface area contributed by atoms with Gasteiger partial charge in [0.1, 0.15) is 0 Å². The lowest BCUT2D eigenvalue weighted by Gasteiger charge is -2.25. The second kappa shape index (κ2) is 9.43. The maximum atomic E-state index is 12.8. The standard InChI is InChI=1S/C19H20ClF3N2O5S/c1-18(27,19(21,22)23)17(26)25-16-8-7-14(11-15(16)20)31(28,29)13-5-3-12(4-6-13)24-9-10-30-2/h3-8,11,24,27H,9-10H2,1-2H3,(H,25,26). The number of amides is 1. The summed E-state index contributed by atoms with van der Waals surface area (Å²) in [6.45, 7) is 1.30. The molecule has 12 heteroatoms. The summed E-state index contributed by atoms with van der Waals surface area (Å²) >= 11 is 5.96. The van der Waals surface area contributed by atoms with E-state index in [4.69, 9.17) is 16.3 Å². The second-order valence-corrected chi connectivity index (χ2v) is 8.97. The highest BCUT2D eigenvalue weighted by Gasteiger charge is 2.55. The molecule has 0 aliphatic rings. The molecule has 0 saturated carbocycles. The van der Waals surface area contributed by atoms with Crippen LogP contribution in [-0.4, -0.2) is 51.5 Å². The van der Waals surface area contributed by atoms with Gasteiger partial charge >= 0.3 is 6.18 Å². The van der Waals surface area contributed by atoms with Gasteiger partial charge < -0.3 is 20.5 Å². The monoisotopic (exact) mass is 480 g/mol. The lowest BCUT2D eigenvalue weighted by Crippen LogP contribution is -2.52. The van der Waals surface area contributed by atoms with Gasteiger partial charge in [0.15, 0.2) is 0 Å². The molecule has 2 rings (SSSR count). The number of sulfone groups is 1. The maximum absolute atomic E-state index is 12.8. The molecule has 7 nitrogen and oxygen atoms in total. The number of aliphatic hydroxyl groups is 1. The summed E-state index contributed by atoms with van der Waals surface area (Å²) in [5.74, 6) is -1.76. The van der Waals surface area contributed by atoms with Crippen molar-refractivity contribution in [3.8, 4) is 0 Å². The number of methoxy groups -OCH3 is 1. The van der Waals surface area contributed by atoms with Crippen LogP contribution in [-0.2, 0) is 19.4 Å². The Hall–Kier alpha value is -2.34. The van der Waals surface area contributed by atoms with Crippen molar-refractivity contribution in [2.75, 3.05) is 30.9 Å². The van der Waals surface area contributed by atoms with Gasteiger partial charge in [0, 0.05) is 19.3 Å². The van der Waals surface area contributed by atoms with E-state index in [-0.39, 0.29) is 20.5 Å². The molecule has 0 spiro atoms. The van der Waals surface area contributed by atoms with E-state index in [0.717, 1.165) is 18.2 Å². The summed E-state index contributed by atoms with van der Waals surface area (Å²) in [6.07, 6.45) is -5.21. The minimum atomic E-state index is -5.21. The van der Waals surface area contributed by atoms with Crippen LogP contribution < -0.4 is 10.6 Å². The fourth-order valence-corrected chi connectivity index (χ4v) is 3.90. The Morgan fingerprint density at radius 3 is 2.23 bits per heavy atom. The van der Waals surface area contributed by atoms with Crippen LogP contribution >= 0.6 is 11.6 Å². The number of carbonyl (C=O) groups excluding carboxylic acids is 1. The molecule has 0 heterocycles. The summed E-state index contributed by atoms with van der Waals surface area (Å²) in [4.78, 5) is 11.5. The molecule has 170 valence electrons. The minimum Gasteiger partial charge on any atom is -0.383 e. The zero-order chi connectivity index (χ0) is 23.4. The first kappa shape index (κ1) is 24.9. The smallest absolute Gasteiger partial charge is 0.383 e. The predicted octanol–water partition coefficient (Wildman–Crippen LogP) is 3.48. The minimum absolute atomic E-state index is 0.0300. The highest BCUT2D eigenvalue weighted by atomic mass is 35.5.